The minimum Gasteiger partial charge on any atom is -0.472 e. The van der Waals surface area contributed by atoms with Crippen LogP contribution in [0.3, 0.4) is 0 Å². The van der Waals surface area contributed by atoms with Gasteiger partial charge in [0.2, 0.25) is 5.88 Å². The first-order valence-corrected chi connectivity index (χ1v) is 12.6. The van der Waals surface area contributed by atoms with Gasteiger partial charge in [-0.05, 0) is 62.9 Å². The van der Waals surface area contributed by atoms with Gasteiger partial charge in [-0.15, -0.1) is 0 Å². The molecule has 0 unspecified atom stereocenters. The number of likely N-dealkylation sites (N-methyl/N-ethyl adjacent to an activating group) is 1. The molecule has 1 amide bonds. The number of nitrogens with zero attached hydrogens (tertiary/aromatic N) is 3. The lowest BCUT2D eigenvalue weighted by atomic mass is 9.93. The Labute approximate surface area is 207 Å². The minimum absolute atomic E-state index is 0.0216. The number of aliphatic hydroxyl groups excluding tert-OH is 1. The number of ether oxygens (including phenoxy) is 1. The van der Waals surface area contributed by atoms with E-state index in [2.05, 4.69) is 11.1 Å². The second-order valence-corrected chi connectivity index (χ2v) is 9.96. The van der Waals surface area contributed by atoms with Crippen molar-refractivity contribution in [2.75, 3.05) is 26.7 Å². The first kappa shape index (κ1) is 25.3. The number of hydrogen-bond donors (Lipinski definition) is 1. The third kappa shape index (κ3) is 5.90. The summed E-state index contributed by atoms with van der Waals surface area (Å²) in [7, 11) is 1.94. The van der Waals surface area contributed by atoms with Crippen molar-refractivity contribution in [3.05, 3.63) is 65.1 Å². The molecule has 35 heavy (non-hydrogen) atoms. The number of halogens is 1. The van der Waals surface area contributed by atoms with Gasteiger partial charge in [-0.2, -0.15) is 0 Å². The highest BCUT2D eigenvalue weighted by molar-refractivity contribution is 5.97. The Morgan fingerprint density at radius 1 is 1.31 bits per heavy atom. The zero-order valence-corrected chi connectivity index (χ0v) is 20.9. The van der Waals surface area contributed by atoms with Crippen molar-refractivity contribution in [2.45, 2.75) is 58.2 Å². The van der Waals surface area contributed by atoms with E-state index in [0.29, 0.717) is 36.6 Å². The predicted molar refractivity (Wildman–Crippen MR) is 135 cm³/mol. The Hall–Kier alpha value is -2.77. The lowest BCUT2D eigenvalue weighted by Gasteiger charge is -2.37. The van der Waals surface area contributed by atoms with Crippen LogP contribution in [0.25, 0.3) is 5.57 Å². The summed E-state index contributed by atoms with van der Waals surface area (Å²) in [5.41, 5.74) is 3.24. The second-order valence-electron chi connectivity index (χ2n) is 9.96. The van der Waals surface area contributed by atoms with Crippen LogP contribution in [0.2, 0.25) is 0 Å². The van der Waals surface area contributed by atoms with Crippen LogP contribution in [0.15, 0.2) is 42.6 Å². The average Bonchev–Trinajstić information content (AvgIpc) is 2.87. The number of carbonyl (C=O) groups is 1. The molecule has 0 radical (unpaired) electrons. The number of hydrogen-bond acceptors (Lipinski definition) is 5. The number of allylic oxidation sites excluding steroid dienone is 2. The molecule has 1 aliphatic heterocycles. The summed E-state index contributed by atoms with van der Waals surface area (Å²) in [5.74, 6) is -0.0961. The van der Waals surface area contributed by atoms with E-state index in [9.17, 15) is 14.3 Å². The van der Waals surface area contributed by atoms with E-state index < -0.39 is 0 Å². The minimum atomic E-state index is -0.328. The molecule has 7 heteroatoms. The van der Waals surface area contributed by atoms with Gasteiger partial charge in [-0.25, -0.2) is 9.37 Å². The van der Waals surface area contributed by atoms with E-state index >= 15 is 0 Å². The lowest BCUT2D eigenvalue weighted by Crippen LogP contribution is -2.49. The molecule has 2 aromatic rings. The molecule has 1 aromatic carbocycles. The summed E-state index contributed by atoms with van der Waals surface area (Å²) in [5, 5.41) is 9.87. The Kier molecular flexibility index (Phi) is 8.19. The number of pyridine rings is 1. The van der Waals surface area contributed by atoms with Crippen LogP contribution in [0.4, 0.5) is 4.39 Å². The highest BCUT2D eigenvalue weighted by Crippen LogP contribution is 2.32. The summed E-state index contributed by atoms with van der Waals surface area (Å²) >= 11 is 0. The van der Waals surface area contributed by atoms with Gasteiger partial charge >= 0.3 is 0 Å². The van der Waals surface area contributed by atoms with Crippen molar-refractivity contribution in [1.82, 2.24) is 14.8 Å². The van der Waals surface area contributed by atoms with E-state index in [0.717, 1.165) is 24.8 Å². The highest BCUT2D eigenvalue weighted by Gasteiger charge is 2.34. The zero-order valence-electron chi connectivity index (χ0n) is 20.9. The van der Waals surface area contributed by atoms with Crippen LogP contribution in [-0.2, 0) is 6.54 Å². The van der Waals surface area contributed by atoms with E-state index in [1.165, 1.54) is 18.1 Å². The third-order valence-electron chi connectivity index (χ3n) is 7.07. The third-order valence-corrected chi connectivity index (χ3v) is 7.07. The number of carbonyl (C=O) groups excluding carboxylic acids is 1. The summed E-state index contributed by atoms with van der Waals surface area (Å²) in [6.45, 7) is 5.21. The molecule has 1 N–H and O–H groups in total. The van der Waals surface area contributed by atoms with Crippen molar-refractivity contribution >= 4 is 11.5 Å². The van der Waals surface area contributed by atoms with Gasteiger partial charge in [0.15, 0.2) is 0 Å². The second kappa shape index (κ2) is 11.3. The van der Waals surface area contributed by atoms with E-state index in [4.69, 9.17) is 4.74 Å². The topological polar surface area (TPSA) is 65.9 Å². The van der Waals surface area contributed by atoms with Crippen LogP contribution in [0.1, 0.15) is 61.0 Å². The van der Waals surface area contributed by atoms with Crippen LogP contribution in [-0.4, -0.2) is 64.7 Å². The molecular weight excluding hydrogens is 445 g/mol. The fraction of sp³-hybridized carbons (Fsp3) is 0.500. The monoisotopic (exact) mass is 481 g/mol. The number of aliphatic hydroxyl groups is 1. The molecule has 4 rings (SSSR count). The lowest BCUT2D eigenvalue weighted by molar-refractivity contribution is 0.0324. The molecule has 0 spiro atoms. The fourth-order valence-corrected chi connectivity index (χ4v) is 4.89. The maximum Gasteiger partial charge on any atom is 0.259 e. The molecule has 0 fully saturated rings. The van der Waals surface area contributed by atoms with Gasteiger partial charge in [0.05, 0.1) is 12.6 Å². The van der Waals surface area contributed by atoms with Gasteiger partial charge in [0.25, 0.3) is 5.91 Å². The van der Waals surface area contributed by atoms with Gasteiger partial charge in [-0.1, -0.05) is 31.2 Å². The molecule has 0 saturated carbocycles. The Morgan fingerprint density at radius 2 is 2.11 bits per heavy atom. The van der Waals surface area contributed by atoms with Crippen LogP contribution >= 0.6 is 0 Å². The molecule has 0 saturated heterocycles. The smallest absolute Gasteiger partial charge is 0.259 e. The van der Waals surface area contributed by atoms with Crippen molar-refractivity contribution in [2.24, 2.45) is 5.92 Å². The number of rotatable bonds is 7. The Bertz CT molecular complexity index is 1070. The van der Waals surface area contributed by atoms with Crippen LogP contribution < -0.4 is 4.74 Å². The summed E-state index contributed by atoms with van der Waals surface area (Å²) in [4.78, 5) is 22.0. The number of fused-ring (bicyclic) bond motifs is 1. The SMILES string of the molecule is C[C@H]1CN([C@@H](C)CO)C(=O)c2cc(C3=CCCCC3)cnc2O[C@H]1CN(C)Cc1ccccc1F. The molecular formula is C28H36FN3O3. The maximum absolute atomic E-state index is 14.2. The van der Waals surface area contributed by atoms with Crippen molar-refractivity contribution in [3.8, 4) is 5.88 Å². The van der Waals surface area contributed by atoms with E-state index in [1.807, 2.05) is 37.9 Å². The first-order chi connectivity index (χ1) is 16.9. The largest absolute Gasteiger partial charge is 0.472 e. The van der Waals surface area contributed by atoms with Crippen molar-refractivity contribution < 1.29 is 19.0 Å². The predicted octanol–water partition coefficient (Wildman–Crippen LogP) is 4.53. The van der Waals surface area contributed by atoms with Gasteiger partial charge in [-0.3, -0.25) is 9.69 Å². The van der Waals surface area contributed by atoms with Crippen molar-refractivity contribution in [1.29, 1.82) is 0 Å². The molecule has 188 valence electrons. The average molecular weight is 482 g/mol. The molecule has 0 bridgehead atoms. The van der Waals surface area contributed by atoms with E-state index in [-0.39, 0.29) is 36.4 Å². The maximum atomic E-state index is 14.2. The molecule has 2 aliphatic rings. The zero-order chi connectivity index (χ0) is 24.9. The van der Waals surface area contributed by atoms with Gasteiger partial charge < -0.3 is 14.7 Å². The van der Waals surface area contributed by atoms with Crippen LogP contribution in [0.5, 0.6) is 5.88 Å². The first-order valence-electron chi connectivity index (χ1n) is 12.6. The fourth-order valence-electron chi connectivity index (χ4n) is 4.89. The van der Waals surface area contributed by atoms with Crippen LogP contribution in [0, 0.1) is 11.7 Å². The summed E-state index contributed by atoms with van der Waals surface area (Å²) in [6.07, 6.45) is 8.11. The van der Waals surface area contributed by atoms with Crippen molar-refractivity contribution in [3.63, 3.8) is 0 Å². The van der Waals surface area contributed by atoms with E-state index in [1.54, 1.807) is 23.2 Å². The normalized spacial score (nSPS) is 21.6. The summed E-state index contributed by atoms with van der Waals surface area (Å²) in [6, 6.07) is 8.35. The Morgan fingerprint density at radius 3 is 2.83 bits per heavy atom. The molecule has 2 heterocycles. The molecule has 1 aromatic heterocycles. The van der Waals surface area contributed by atoms with Gasteiger partial charge in [0, 0.05) is 37.3 Å². The van der Waals surface area contributed by atoms with Gasteiger partial charge in [0.1, 0.15) is 17.5 Å². The summed E-state index contributed by atoms with van der Waals surface area (Å²) < 4.78 is 20.6. The molecule has 3 atom stereocenters. The molecule has 6 nitrogen and oxygen atoms in total. The Balaban J connectivity index is 1.63. The quantitative estimate of drug-likeness (QED) is 0.630. The number of benzene rings is 1. The molecule has 1 aliphatic carbocycles. The highest BCUT2D eigenvalue weighted by atomic mass is 19.1. The number of aromatic nitrogens is 1. The number of amides is 1. The standard InChI is InChI=1S/C28H36FN3O3/c1-19-15-32(20(2)18-33)28(34)24-13-23(21-9-5-4-6-10-21)14-30-27(24)35-26(19)17-31(3)16-22-11-7-8-12-25(22)29/h7-9,11-14,19-20,26,33H,4-6,10,15-18H2,1-3H3/t19-,20-,26-/m0/s1.